The maximum absolute atomic E-state index is 13.1. The molecule has 4 nitrogen and oxygen atoms in total. The van der Waals surface area contributed by atoms with Gasteiger partial charge in [-0.25, -0.2) is 4.99 Å². The van der Waals surface area contributed by atoms with Crippen molar-refractivity contribution >= 4 is 19.0 Å². The third-order valence-electron chi connectivity index (χ3n) is 2.34. The predicted octanol–water partition coefficient (Wildman–Crippen LogP) is 4.59. The molecule has 21 heavy (non-hydrogen) atoms. The van der Waals surface area contributed by atoms with Crippen LogP contribution in [0.1, 0.15) is 13.8 Å². The van der Waals surface area contributed by atoms with Crippen molar-refractivity contribution in [2.24, 2.45) is 4.99 Å². The lowest BCUT2D eigenvalue weighted by Crippen LogP contribution is -2.27. The van der Waals surface area contributed by atoms with Crippen molar-refractivity contribution in [3.05, 3.63) is 30.3 Å². The molecule has 118 valence electrons. The number of benzene rings is 1. The molecule has 0 atom stereocenters. The average molecular weight is 323 g/mol. The van der Waals surface area contributed by atoms with Crippen molar-refractivity contribution in [3.63, 3.8) is 0 Å². The van der Waals surface area contributed by atoms with E-state index in [4.69, 9.17) is 9.05 Å². The van der Waals surface area contributed by atoms with E-state index >= 15 is 0 Å². The fourth-order valence-electron chi connectivity index (χ4n) is 1.55. The van der Waals surface area contributed by atoms with Crippen LogP contribution in [-0.4, -0.2) is 31.3 Å². The summed E-state index contributed by atoms with van der Waals surface area (Å²) >= 11 is 0. The third-order valence-corrected chi connectivity index (χ3v) is 4.33. The molecule has 0 aliphatic rings. The summed E-state index contributed by atoms with van der Waals surface area (Å²) in [5, 5.41) is 0. The molecule has 0 unspecified atom stereocenters. The highest BCUT2D eigenvalue weighted by Gasteiger charge is 2.41. The summed E-state index contributed by atoms with van der Waals surface area (Å²) in [6, 6.07) is 7.66. The molecule has 0 fully saturated rings. The molecule has 0 aromatic heterocycles. The summed E-state index contributed by atoms with van der Waals surface area (Å²) in [5.41, 5.74) is -1.05. The maximum Gasteiger partial charge on any atom is 0.430 e. The van der Waals surface area contributed by atoms with Gasteiger partial charge in [0.1, 0.15) is 5.71 Å². The summed E-state index contributed by atoms with van der Waals surface area (Å²) in [7, 11) is -3.86. The lowest BCUT2D eigenvalue weighted by Gasteiger charge is -2.19. The fourth-order valence-corrected chi connectivity index (χ4v) is 3.21. The molecular formula is C13H17F3NO3P. The van der Waals surface area contributed by atoms with Gasteiger partial charge in [0.05, 0.1) is 25.1 Å². The number of hydrogen-bond donors (Lipinski definition) is 0. The van der Waals surface area contributed by atoms with E-state index in [9.17, 15) is 17.7 Å². The first-order valence-corrected chi connectivity index (χ1v) is 8.11. The number of rotatable bonds is 7. The van der Waals surface area contributed by atoms with Crippen LogP contribution in [0.4, 0.5) is 18.9 Å². The molecule has 0 aliphatic carbocycles. The number of aliphatic imine (C=N–C) groups is 1. The van der Waals surface area contributed by atoms with Crippen LogP contribution in [-0.2, 0) is 13.6 Å². The highest BCUT2D eigenvalue weighted by molar-refractivity contribution is 7.54. The SMILES string of the molecule is CCOP(=O)(CC(=Nc1ccccc1)C(F)(F)F)OCC. The van der Waals surface area contributed by atoms with Crippen molar-refractivity contribution in [1.82, 2.24) is 0 Å². The number of hydrogen-bond acceptors (Lipinski definition) is 4. The molecule has 1 rings (SSSR count). The molecule has 0 spiro atoms. The lowest BCUT2D eigenvalue weighted by atomic mass is 10.3. The van der Waals surface area contributed by atoms with Crippen LogP contribution in [0.3, 0.4) is 0 Å². The smallest absolute Gasteiger partial charge is 0.309 e. The van der Waals surface area contributed by atoms with Gasteiger partial charge in [0.2, 0.25) is 0 Å². The van der Waals surface area contributed by atoms with Gasteiger partial charge in [-0.3, -0.25) is 4.57 Å². The van der Waals surface area contributed by atoms with Gasteiger partial charge in [0.25, 0.3) is 0 Å². The molecule has 0 heterocycles. The zero-order valence-corrected chi connectivity index (χ0v) is 12.7. The average Bonchev–Trinajstić information content (AvgIpc) is 2.38. The molecule has 0 saturated carbocycles. The van der Waals surface area contributed by atoms with E-state index in [-0.39, 0.29) is 18.9 Å². The summed E-state index contributed by atoms with van der Waals surface area (Å²) in [4.78, 5) is 3.54. The van der Waals surface area contributed by atoms with Gasteiger partial charge < -0.3 is 9.05 Å². The van der Waals surface area contributed by atoms with Crippen LogP contribution in [0.15, 0.2) is 35.3 Å². The summed E-state index contributed by atoms with van der Waals surface area (Å²) in [6.45, 7) is 3.06. The molecule has 1 aromatic rings. The van der Waals surface area contributed by atoms with E-state index in [1.54, 1.807) is 18.2 Å². The molecule has 0 amide bonds. The summed E-state index contributed by atoms with van der Waals surface area (Å²) in [5.74, 6) is 0. The van der Waals surface area contributed by atoms with Crippen LogP contribution in [0, 0.1) is 0 Å². The third kappa shape index (κ3) is 5.99. The van der Waals surface area contributed by atoms with Crippen molar-refractivity contribution in [2.45, 2.75) is 20.0 Å². The normalized spacial score (nSPS) is 13.5. The van der Waals surface area contributed by atoms with E-state index in [1.807, 2.05) is 0 Å². The Morgan fingerprint density at radius 1 is 1.14 bits per heavy atom. The van der Waals surface area contributed by atoms with E-state index in [1.165, 1.54) is 26.0 Å². The van der Waals surface area contributed by atoms with Gasteiger partial charge in [-0.05, 0) is 26.0 Å². The van der Waals surface area contributed by atoms with Crippen molar-refractivity contribution in [2.75, 3.05) is 19.4 Å². The predicted molar refractivity (Wildman–Crippen MR) is 75.3 cm³/mol. The zero-order valence-electron chi connectivity index (χ0n) is 11.8. The van der Waals surface area contributed by atoms with Gasteiger partial charge >= 0.3 is 13.8 Å². The van der Waals surface area contributed by atoms with E-state index in [0.717, 1.165) is 0 Å². The van der Waals surface area contributed by atoms with Crippen molar-refractivity contribution in [1.29, 1.82) is 0 Å². The van der Waals surface area contributed by atoms with Crippen molar-refractivity contribution < 1.29 is 26.8 Å². The molecule has 1 aromatic carbocycles. The number of halogens is 3. The summed E-state index contributed by atoms with van der Waals surface area (Å²) < 4.78 is 61.2. The Labute approximate surface area is 121 Å². The Bertz CT molecular complexity index is 507. The number of para-hydroxylation sites is 1. The van der Waals surface area contributed by atoms with Gasteiger partial charge in [-0.1, -0.05) is 18.2 Å². The second-order valence-electron chi connectivity index (χ2n) is 4.00. The molecule has 8 heteroatoms. The summed E-state index contributed by atoms with van der Waals surface area (Å²) in [6.07, 6.45) is -5.62. The first-order valence-electron chi connectivity index (χ1n) is 6.38. The Morgan fingerprint density at radius 3 is 2.10 bits per heavy atom. The zero-order chi connectivity index (χ0) is 15.9. The van der Waals surface area contributed by atoms with Gasteiger partial charge in [-0.2, -0.15) is 13.2 Å². The van der Waals surface area contributed by atoms with Crippen LogP contribution in [0.5, 0.6) is 0 Å². The Morgan fingerprint density at radius 2 is 1.67 bits per heavy atom. The molecule has 0 bridgehead atoms. The maximum atomic E-state index is 13.1. The second kappa shape index (κ2) is 7.73. The minimum atomic E-state index is -4.71. The molecular weight excluding hydrogens is 306 g/mol. The first kappa shape index (κ1) is 17.9. The topological polar surface area (TPSA) is 47.9 Å². The van der Waals surface area contributed by atoms with Crippen LogP contribution < -0.4 is 0 Å². The lowest BCUT2D eigenvalue weighted by molar-refractivity contribution is -0.0592. The van der Waals surface area contributed by atoms with Crippen molar-refractivity contribution in [3.8, 4) is 0 Å². The monoisotopic (exact) mass is 323 g/mol. The van der Waals surface area contributed by atoms with Gasteiger partial charge in [-0.15, -0.1) is 0 Å². The highest BCUT2D eigenvalue weighted by Crippen LogP contribution is 2.49. The van der Waals surface area contributed by atoms with Crippen LogP contribution in [0.2, 0.25) is 0 Å². The largest absolute Gasteiger partial charge is 0.430 e. The molecule has 0 radical (unpaired) electrons. The minimum absolute atomic E-state index is 0.00620. The van der Waals surface area contributed by atoms with E-state index < -0.39 is 25.6 Å². The van der Waals surface area contributed by atoms with Gasteiger partial charge in [0, 0.05) is 0 Å². The first-order chi connectivity index (χ1) is 9.80. The molecule has 0 N–H and O–H groups in total. The van der Waals surface area contributed by atoms with Crippen LogP contribution in [0.25, 0.3) is 0 Å². The Hall–Kier alpha value is -1.17. The Balaban J connectivity index is 3.10. The van der Waals surface area contributed by atoms with E-state index in [0.29, 0.717) is 0 Å². The molecule has 0 aliphatic heterocycles. The highest BCUT2D eigenvalue weighted by atomic mass is 31.2. The minimum Gasteiger partial charge on any atom is -0.309 e. The van der Waals surface area contributed by atoms with Crippen LogP contribution >= 0.6 is 7.60 Å². The quantitative estimate of drug-likeness (QED) is 0.545. The molecule has 0 saturated heterocycles. The Kier molecular flexibility index (Phi) is 6.58. The van der Waals surface area contributed by atoms with E-state index in [2.05, 4.69) is 4.99 Å². The standard InChI is InChI=1S/C13H17F3NO3P/c1-3-19-21(18,20-4-2)10-12(13(14,15)16)17-11-8-6-5-7-9-11/h5-9H,3-4,10H2,1-2H3. The fraction of sp³-hybridized carbons (Fsp3) is 0.462. The second-order valence-corrected chi connectivity index (χ2v) is 6.05. The van der Waals surface area contributed by atoms with Gasteiger partial charge in [0.15, 0.2) is 0 Å². The number of nitrogens with zero attached hydrogens (tertiary/aromatic N) is 1. The number of alkyl halides is 3.